The van der Waals surface area contributed by atoms with Crippen LogP contribution in [0.5, 0.6) is 0 Å². The van der Waals surface area contributed by atoms with Crippen molar-refractivity contribution >= 4 is 23.1 Å². The predicted octanol–water partition coefficient (Wildman–Crippen LogP) is 3.36. The number of nitrogens with one attached hydrogen (secondary N) is 2. The predicted molar refractivity (Wildman–Crippen MR) is 74.6 cm³/mol. The second-order valence-corrected chi connectivity index (χ2v) is 4.17. The van der Waals surface area contributed by atoms with E-state index in [1.807, 2.05) is 0 Å². The van der Waals surface area contributed by atoms with Crippen molar-refractivity contribution in [1.82, 2.24) is 0 Å². The quantitative estimate of drug-likeness (QED) is 0.724. The third-order valence-electron chi connectivity index (χ3n) is 2.58. The Balaban J connectivity index is 2.01. The molecule has 5 heteroatoms. The summed E-state index contributed by atoms with van der Waals surface area (Å²) in [5, 5.41) is 5.28. The van der Waals surface area contributed by atoms with Gasteiger partial charge in [0.15, 0.2) is 0 Å². The van der Waals surface area contributed by atoms with Crippen LogP contribution in [0.1, 0.15) is 5.56 Å². The Morgan fingerprint density at radius 1 is 1.05 bits per heavy atom. The van der Waals surface area contributed by atoms with Gasteiger partial charge in [-0.05, 0) is 55.0 Å². The molecule has 0 aromatic heterocycles. The minimum atomic E-state index is -0.393. The van der Waals surface area contributed by atoms with E-state index in [-0.39, 0.29) is 5.82 Å². The van der Waals surface area contributed by atoms with E-state index >= 15 is 0 Å². The summed E-state index contributed by atoms with van der Waals surface area (Å²) < 4.78 is 13.1. The zero-order valence-electron chi connectivity index (χ0n) is 10.4. The van der Waals surface area contributed by atoms with Gasteiger partial charge in [-0.1, -0.05) is 0 Å². The van der Waals surface area contributed by atoms with E-state index in [4.69, 9.17) is 5.73 Å². The van der Waals surface area contributed by atoms with Gasteiger partial charge in [-0.25, -0.2) is 9.18 Å². The van der Waals surface area contributed by atoms with E-state index in [2.05, 4.69) is 10.6 Å². The van der Waals surface area contributed by atoms with Crippen LogP contribution in [0.2, 0.25) is 0 Å². The maximum absolute atomic E-state index is 13.1. The molecule has 0 fully saturated rings. The number of hydrogen-bond acceptors (Lipinski definition) is 2. The lowest BCUT2D eigenvalue weighted by atomic mass is 10.2. The summed E-state index contributed by atoms with van der Waals surface area (Å²) >= 11 is 0. The van der Waals surface area contributed by atoms with E-state index in [1.54, 1.807) is 37.3 Å². The Morgan fingerprint density at radius 3 is 2.26 bits per heavy atom. The smallest absolute Gasteiger partial charge is 0.323 e. The lowest BCUT2D eigenvalue weighted by Crippen LogP contribution is -2.19. The second kappa shape index (κ2) is 5.39. The molecule has 0 saturated carbocycles. The molecule has 2 amide bonds. The van der Waals surface area contributed by atoms with Gasteiger partial charge in [0, 0.05) is 17.1 Å². The van der Waals surface area contributed by atoms with E-state index in [0.29, 0.717) is 22.6 Å². The summed E-state index contributed by atoms with van der Waals surface area (Å²) in [6, 6.07) is 10.8. The molecule has 0 aliphatic rings. The van der Waals surface area contributed by atoms with Crippen LogP contribution < -0.4 is 16.4 Å². The van der Waals surface area contributed by atoms with Gasteiger partial charge in [0.05, 0.1) is 0 Å². The van der Waals surface area contributed by atoms with Gasteiger partial charge < -0.3 is 16.4 Å². The molecule has 0 heterocycles. The van der Waals surface area contributed by atoms with Crippen molar-refractivity contribution in [3.05, 3.63) is 53.8 Å². The molecule has 0 radical (unpaired) electrons. The molecule has 0 saturated heterocycles. The fraction of sp³-hybridized carbons (Fsp3) is 0.0714. The largest absolute Gasteiger partial charge is 0.399 e. The summed E-state index contributed by atoms with van der Waals surface area (Å²) in [6.45, 7) is 1.64. The molecule has 0 unspecified atom stereocenters. The average Bonchev–Trinajstić information content (AvgIpc) is 2.37. The highest BCUT2D eigenvalue weighted by Crippen LogP contribution is 2.15. The first-order chi connectivity index (χ1) is 9.04. The number of urea groups is 1. The zero-order valence-corrected chi connectivity index (χ0v) is 10.4. The molecule has 4 N–H and O–H groups in total. The third kappa shape index (κ3) is 3.45. The highest BCUT2D eigenvalue weighted by molar-refractivity contribution is 5.99. The first kappa shape index (κ1) is 12.9. The molecule has 2 rings (SSSR count). The number of anilines is 3. The fourth-order valence-electron chi connectivity index (χ4n) is 1.58. The van der Waals surface area contributed by atoms with Crippen LogP contribution in [0, 0.1) is 12.7 Å². The molecule has 0 aliphatic heterocycles. The van der Waals surface area contributed by atoms with Crippen molar-refractivity contribution in [3.63, 3.8) is 0 Å². The van der Waals surface area contributed by atoms with Crippen molar-refractivity contribution < 1.29 is 9.18 Å². The van der Waals surface area contributed by atoms with Crippen LogP contribution in [-0.2, 0) is 0 Å². The minimum Gasteiger partial charge on any atom is -0.399 e. The summed E-state index contributed by atoms with van der Waals surface area (Å²) in [5.41, 5.74) is 7.81. The second-order valence-electron chi connectivity index (χ2n) is 4.17. The highest BCUT2D eigenvalue weighted by Gasteiger charge is 2.04. The molecule has 0 bridgehead atoms. The standard InChI is InChI=1S/C14H14FN3O/c1-9-8-12(6-7-13(9)15)18-14(19)17-11-4-2-10(16)3-5-11/h2-8H,16H2,1H3,(H2,17,18,19). The topological polar surface area (TPSA) is 67.2 Å². The molecule has 98 valence electrons. The van der Waals surface area contributed by atoms with Gasteiger partial charge in [0.2, 0.25) is 0 Å². The third-order valence-corrected chi connectivity index (χ3v) is 2.58. The lowest BCUT2D eigenvalue weighted by Gasteiger charge is -2.08. The van der Waals surface area contributed by atoms with E-state index in [9.17, 15) is 9.18 Å². The molecular formula is C14H14FN3O. The van der Waals surface area contributed by atoms with Crippen LogP contribution in [-0.4, -0.2) is 6.03 Å². The Morgan fingerprint density at radius 2 is 1.63 bits per heavy atom. The number of carbonyl (C=O) groups is 1. The van der Waals surface area contributed by atoms with Gasteiger partial charge >= 0.3 is 6.03 Å². The molecule has 0 spiro atoms. The van der Waals surface area contributed by atoms with Gasteiger partial charge in [-0.2, -0.15) is 0 Å². The number of carbonyl (C=O) groups excluding carboxylic acids is 1. The summed E-state index contributed by atoms with van der Waals surface area (Å²) in [4.78, 5) is 11.7. The lowest BCUT2D eigenvalue weighted by molar-refractivity contribution is 0.262. The minimum absolute atomic E-state index is 0.301. The summed E-state index contributed by atoms with van der Waals surface area (Å²) in [5.74, 6) is -0.301. The Labute approximate surface area is 110 Å². The van der Waals surface area contributed by atoms with E-state index < -0.39 is 6.03 Å². The number of halogens is 1. The van der Waals surface area contributed by atoms with Gasteiger partial charge in [0.25, 0.3) is 0 Å². The Kier molecular flexibility index (Phi) is 3.66. The molecule has 0 aliphatic carbocycles. The number of aryl methyl sites for hydroxylation is 1. The zero-order chi connectivity index (χ0) is 13.8. The van der Waals surface area contributed by atoms with Crippen molar-refractivity contribution in [2.75, 3.05) is 16.4 Å². The number of benzene rings is 2. The number of rotatable bonds is 2. The average molecular weight is 259 g/mol. The van der Waals surface area contributed by atoms with Crippen LogP contribution in [0.15, 0.2) is 42.5 Å². The maximum atomic E-state index is 13.1. The summed E-state index contributed by atoms with van der Waals surface area (Å²) in [7, 11) is 0. The molecular weight excluding hydrogens is 245 g/mol. The highest BCUT2D eigenvalue weighted by atomic mass is 19.1. The van der Waals surface area contributed by atoms with Crippen LogP contribution in [0.25, 0.3) is 0 Å². The van der Waals surface area contributed by atoms with Crippen molar-refractivity contribution in [2.45, 2.75) is 6.92 Å². The van der Waals surface area contributed by atoms with Crippen molar-refractivity contribution in [2.24, 2.45) is 0 Å². The molecule has 4 nitrogen and oxygen atoms in total. The maximum Gasteiger partial charge on any atom is 0.323 e. The van der Waals surface area contributed by atoms with Gasteiger partial charge in [-0.15, -0.1) is 0 Å². The van der Waals surface area contributed by atoms with E-state index in [0.717, 1.165) is 0 Å². The van der Waals surface area contributed by atoms with Gasteiger partial charge in [-0.3, -0.25) is 0 Å². The number of amides is 2. The van der Waals surface area contributed by atoms with Crippen LogP contribution in [0.3, 0.4) is 0 Å². The first-order valence-corrected chi connectivity index (χ1v) is 5.74. The van der Waals surface area contributed by atoms with Crippen LogP contribution in [0.4, 0.5) is 26.2 Å². The first-order valence-electron chi connectivity index (χ1n) is 5.74. The number of hydrogen-bond donors (Lipinski definition) is 3. The number of nitrogens with two attached hydrogens (primary N) is 1. The van der Waals surface area contributed by atoms with E-state index in [1.165, 1.54) is 12.1 Å². The Bertz CT molecular complexity index is 596. The molecule has 0 atom stereocenters. The van der Waals surface area contributed by atoms with Gasteiger partial charge in [0.1, 0.15) is 5.82 Å². The summed E-state index contributed by atoms with van der Waals surface area (Å²) in [6.07, 6.45) is 0. The normalized spacial score (nSPS) is 10.0. The van der Waals surface area contributed by atoms with Crippen LogP contribution >= 0.6 is 0 Å². The molecule has 2 aromatic carbocycles. The number of nitrogen functional groups attached to an aromatic ring is 1. The van der Waals surface area contributed by atoms with Crippen molar-refractivity contribution in [1.29, 1.82) is 0 Å². The molecule has 19 heavy (non-hydrogen) atoms. The fourth-order valence-corrected chi connectivity index (χ4v) is 1.58. The van der Waals surface area contributed by atoms with Crippen molar-refractivity contribution in [3.8, 4) is 0 Å². The monoisotopic (exact) mass is 259 g/mol. The SMILES string of the molecule is Cc1cc(NC(=O)Nc2ccc(N)cc2)ccc1F. The Hall–Kier alpha value is -2.56. The molecule has 2 aromatic rings.